The number of allylic oxidation sites excluding steroid dienone is 2. The maximum absolute atomic E-state index is 3.85. The van der Waals surface area contributed by atoms with Gasteiger partial charge in [0, 0.05) is 25.0 Å². The Morgan fingerprint density at radius 1 is 0.567 bits per heavy atom. The third kappa shape index (κ3) is 230. The Morgan fingerprint density at radius 2 is 0.900 bits per heavy atom. The second-order valence-electron chi connectivity index (χ2n) is 7.89. The summed E-state index contributed by atoms with van der Waals surface area (Å²) in [5, 5.41) is 0. The van der Waals surface area contributed by atoms with Crippen LogP contribution in [-0.2, 0) is 0 Å². The Kier molecular flexibility index (Phi) is 72.1. The number of aliphatic imine (C=N–C) groups is 2. The first kappa shape index (κ1) is 46.8. The third-order valence-electron chi connectivity index (χ3n) is 1.08. The first-order chi connectivity index (χ1) is 14.0. The summed E-state index contributed by atoms with van der Waals surface area (Å²) in [4.78, 5) is 7.62. The molecule has 0 aliphatic carbocycles. The van der Waals surface area contributed by atoms with Gasteiger partial charge in [-0.1, -0.05) is 137 Å². The zero-order valence-corrected chi connectivity index (χ0v) is 24.8. The van der Waals surface area contributed by atoms with Crippen molar-refractivity contribution in [1.82, 2.24) is 0 Å². The van der Waals surface area contributed by atoms with Crippen LogP contribution in [0.1, 0.15) is 131 Å². The molecule has 186 valence electrons. The van der Waals surface area contributed by atoms with Crippen LogP contribution in [0.25, 0.3) is 0 Å². The molecule has 0 saturated heterocycles. The van der Waals surface area contributed by atoms with Crippen LogP contribution in [0.4, 0.5) is 0 Å². The molecule has 0 fully saturated rings. The van der Waals surface area contributed by atoms with E-state index in [1.165, 1.54) is 0 Å². The van der Waals surface area contributed by atoms with Gasteiger partial charge in [-0.15, -0.1) is 0 Å². The summed E-state index contributed by atoms with van der Waals surface area (Å²) in [6.45, 7) is 38.4. The average molecular weight is 429 g/mol. The maximum atomic E-state index is 3.85. The number of hydrogen-bond donors (Lipinski definition) is 0. The molecule has 0 spiro atoms. The van der Waals surface area contributed by atoms with Crippen molar-refractivity contribution < 1.29 is 0 Å². The van der Waals surface area contributed by atoms with E-state index in [0.29, 0.717) is 10.8 Å². The molecule has 0 amide bonds. The Labute approximate surface area is 195 Å². The lowest BCUT2D eigenvalue weighted by Crippen LogP contribution is -1.93. The predicted octanol–water partition coefficient (Wildman–Crippen LogP) is 10.8. The van der Waals surface area contributed by atoms with E-state index in [0.717, 1.165) is 13.0 Å². The van der Waals surface area contributed by atoms with Gasteiger partial charge in [0.25, 0.3) is 0 Å². The Hall–Kier alpha value is -1.18. The summed E-state index contributed by atoms with van der Waals surface area (Å²) < 4.78 is 0. The first-order valence-electron chi connectivity index (χ1n) is 12.3. The van der Waals surface area contributed by atoms with E-state index in [4.69, 9.17) is 0 Å². The van der Waals surface area contributed by atoms with E-state index in [1.807, 2.05) is 93.7 Å². The molecule has 0 N–H and O–H groups in total. The summed E-state index contributed by atoms with van der Waals surface area (Å²) in [6.07, 6.45) is 12.5. The van der Waals surface area contributed by atoms with Gasteiger partial charge in [-0.05, 0) is 16.9 Å². The molecule has 0 aromatic carbocycles. The maximum Gasteiger partial charge on any atom is 0.0573 e. The molecule has 2 rings (SSSR count). The molecule has 2 nitrogen and oxygen atoms in total. The van der Waals surface area contributed by atoms with Crippen LogP contribution in [0.2, 0.25) is 0 Å². The van der Waals surface area contributed by atoms with Gasteiger partial charge in [0.1, 0.15) is 0 Å². The van der Waals surface area contributed by atoms with Gasteiger partial charge in [0.05, 0.1) is 6.54 Å². The van der Waals surface area contributed by atoms with Crippen molar-refractivity contribution in [2.45, 2.75) is 131 Å². The molecule has 0 aromatic heterocycles. The van der Waals surface area contributed by atoms with Crippen LogP contribution in [0.15, 0.2) is 34.4 Å². The van der Waals surface area contributed by atoms with Gasteiger partial charge in [0.2, 0.25) is 0 Å². The number of nitrogens with zero attached hydrogens (tertiary/aromatic N) is 2. The molecule has 30 heavy (non-hydrogen) atoms. The van der Waals surface area contributed by atoms with Crippen molar-refractivity contribution in [1.29, 1.82) is 0 Å². The minimum absolute atomic E-state index is 0.500. The van der Waals surface area contributed by atoms with Crippen LogP contribution >= 0.6 is 0 Å². The SMILES string of the molecule is C1=CCN=C1.C1=CN=CC1.CC.CC.CC.CC.CC.CC(C)(C)C.CC(C)(C)C. The monoisotopic (exact) mass is 429 g/mol. The van der Waals surface area contributed by atoms with Gasteiger partial charge in [-0.25, -0.2) is 0 Å². The van der Waals surface area contributed by atoms with Gasteiger partial charge < -0.3 is 0 Å². The van der Waals surface area contributed by atoms with E-state index < -0.39 is 0 Å². The fourth-order valence-electron chi connectivity index (χ4n) is 0.609. The van der Waals surface area contributed by atoms with Crippen LogP contribution in [0.5, 0.6) is 0 Å². The molecule has 2 aliphatic heterocycles. The van der Waals surface area contributed by atoms with Crippen molar-refractivity contribution in [3.63, 3.8) is 0 Å². The van der Waals surface area contributed by atoms with Gasteiger partial charge in [-0.3, -0.25) is 9.98 Å². The molecule has 0 atom stereocenters. The largest absolute Gasteiger partial charge is 0.289 e. The standard InChI is InChI=1S/2C5H12.2C4H5N.5C2H6/c2*1-5(2,3)4;2*1-2-4-5-3-1;5*1-2/h2*1-4H3;1,3-4H,2H2;1-3H,4H2;5*1-2H3. The lowest BCUT2D eigenvalue weighted by Gasteiger charge is -2.05. The van der Waals surface area contributed by atoms with Crippen LogP contribution in [0, 0.1) is 10.8 Å². The highest BCUT2D eigenvalue weighted by atomic mass is 14.7. The molecular formula is C28H64N2. The fourth-order valence-corrected chi connectivity index (χ4v) is 0.609. The molecule has 0 radical (unpaired) electrons. The van der Waals surface area contributed by atoms with Crippen molar-refractivity contribution in [2.24, 2.45) is 20.8 Å². The lowest BCUT2D eigenvalue weighted by molar-refractivity contribution is 0.469. The van der Waals surface area contributed by atoms with Crippen LogP contribution in [-0.4, -0.2) is 19.0 Å². The zero-order chi connectivity index (χ0) is 26.1. The summed E-state index contributed by atoms with van der Waals surface area (Å²) >= 11 is 0. The number of hydrogen-bond acceptors (Lipinski definition) is 2. The zero-order valence-electron chi connectivity index (χ0n) is 24.8. The highest BCUT2D eigenvalue weighted by Gasteiger charge is 1.96. The average Bonchev–Trinajstić information content (AvgIpc) is 3.45. The highest BCUT2D eigenvalue weighted by molar-refractivity contribution is 5.73. The quantitative estimate of drug-likeness (QED) is 0.366. The van der Waals surface area contributed by atoms with Crippen LogP contribution < -0.4 is 0 Å². The molecule has 0 aromatic rings. The third-order valence-corrected chi connectivity index (χ3v) is 1.08. The molecule has 0 saturated carbocycles. The van der Waals surface area contributed by atoms with E-state index in [1.54, 1.807) is 12.4 Å². The molecule has 2 heteroatoms. The predicted molar refractivity (Wildman–Crippen MR) is 152 cm³/mol. The van der Waals surface area contributed by atoms with Gasteiger partial charge in [-0.2, -0.15) is 0 Å². The van der Waals surface area contributed by atoms with E-state index in [2.05, 4.69) is 65.4 Å². The van der Waals surface area contributed by atoms with E-state index in [-0.39, 0.29) is 0 Å². The van der Waals surface area contributed by atoms with E-state index in [9.17, 15) is 0 Å². The van der Waals surface area contributed by atoms with Gasteiger partial charge >= 0.3 is 0 Å². The second-order valence-corrected chi connectivity index (χ2v) is 7.89. The molecular weight excluding hydrogens is 364 g/mol. The topological polar surface area (TPSA) is 24.7 Å². The van der Waals surface area contributed by atoms with Gasteiger partial charge in [0.15, 0.2) is 0 Å². The Bertz CT molecular complexity index is 256. The first-order valence-corrected chi connectivity index (χ1v) is 12.3. The molecule has 2 heterocycles. The summed E-state index contributed by atoms with van der Waals surface area (Å²) in [5.74, 6) is 0. The minimum Gasteiger partial charge on any atom is -0.289 e. The fraction of sp³-hybridized carbons (Fsp3) is 0.786. The summed E-state index contributed by atoms with van der Waals surface area (Å²) in [6, 6.07) is 0. The Balaban J connectivity index is -0.0000000413. The smallest absolute Gasteiger partial charge is 0.0573 e. The van der Waals surface area contributed by atoms with Crippen molar-refractivity contribution in [3.05, 3.63) is 24.4 Å². The molecule has 0 unspecified atom stereocenters. The Morgan fingerprint density at radius 3 is 0.967 bits per heavy atom. The van der Waals surface area contributed by atoms with Crippen LogP contribution in [0.3, 0.4) is 0 Å². The number of rotatable bonds is 0. The van der Waals surface area contributed by atoms with Crippen molar-refractivity contribution in [2.75, 3.05) is 6.54 Å². The molecule has 2 aliphatic rings. The van der Waals surface area contributed by atoms with Crippen molar-refractivity contribution >= 4 is 12.4 Å². The minimum atomic E-state index is 0.500. The van der Waals surface area contributed by atoms with Crippen molar-refractivity contribution in [3.8, 4) is 0 Å². The summed E-state index contributed by atoms with van der Waals surface area (Å²) in [5.41, 5.74) is 1.00. The second kappa shape index (κ2) is 46.2. The lowest BCUT2D eigenvalue weighted by atomic mass is 10.0. The van der Waals surface area contributed by atoms with E-state index >= 15 is 0 Å². The molecule has 0 bridgehead atoms. The highest BCUT2D eigenvalue weighted by Crippen LogP contribution is 2.08. The normalized spacial score (nSPS) is 10.9. The summed E-state index contributed by atoms with van der Waals surface area (Å²) in [7, 11) is 0.